The zero-order valence-corrected chi connectivity index (χ0v) is 11.4. The second kappa shape index (κ2) is 6.76. The Balaban J connectivity index is 1.81. The van der Waals surface area contributed by atoms with Crippen molar-refractivity contribution in [3.8, 4) is 0 Å². The lowest BCUT2D eigenvalue weighted by Gasteiger charge is -2.32. The lowest BCUT2D eigenvalue weighted by molar-refractivity contribution is 0.217. The Morgan fingerprint density at radius 2 is 1.89 bits per heavy atom. The number of likely N-dealkylation sites (N-methyl/N-ethyl adjacent to an activating group) is 1. The first kappa shape index (κ1) is 13.4. The molecule has 1 aliphatic rings. The molecular formula is C15H25N3. The highest BCUT2D eigenvalue weighted by Crippen LogP contribution is 2.13. The molecule has 3 heteroatoms. The predicted molar refractivity (Wildman–Crippen MR) is 78.0 cm³/mol. The fraction of sp³-hybridized carbons (Fsp3) is 0.600. The minimum Gasteiger partial charge on any atom is -0.371 e. The summed E-state index contributed by atoms with van der Waals surface area (Å²) >= 11 is 0. The maximum absolute atomic E-state index is 5.93. The van der Waals surface area contributed by atoms with Gasteiger partial charge in [-0.3, -0.25) is 0 Å². The first-order chi connectivity index (χ1) is 8.79. The van der Waals surface area contributed by atoms with Crippen molar-refractivity contribution in [2.75, 3.05) is 37.6 Å². The van der Waals surface area contributed by atoms with E-state index in [9.17, 15) is 0 Å². The number of piperidine rings is 1. The van der Waals surface area contributed by atoms with Crippen LogP contribution in [-0.2, 0) is 0 Å². The zero-order valence-electron chi connectivity index (χ0n) is 11.4. The number of benzene rings is 1. The number of para-hydroxylation sites is 1. The number of hydrogen-bond acceptors (Lipinski definition) is 3. The molecule has 1 aromatic rings. The summed E-state index contributed by atoms with van der Waals surface area (Å²) in [5.74, 6) is 0. The Morgan fingerprint density at radius 1 is 1.22 bits per heavy atom. The monoisotopic (exact) mass is 247 g/mol. The summed E-state index contributed by atoms with van der Waals surface area (Å²) in [7, 11) is 0. The highest BCUT2D eigenvalue weighted by molar-refractivity contribution is 5.45. The SMILES string of the molecule is CCN(CCN1CCC(N)CC1)c1ccccc1. The number of anilines is 1. The number of hydrogen-bond donors (Lipinski definition) is 1. The maximum atomic E-state index is 5.93. The topological polar surface area (TPSA) is 32.5 Å². The summed E-state index contributed by atoms with van der Waals surface area (Å²) in [5, 5.41) is 0. The van der Waals surface area contributed by atoms with Crippen LogP contribution in [-0.4, -0.2) is 43.7 Å². The van der Waals surface area contributed by atoms with Crippen molar-refractivity contribution in [1.29, 1.82) is 0 Å². The van der Waals surface area contributed by atoms with Gasteiger partial charge in [-0.05, 0) is 45.0 Å². The average Bonchev–Trinajstić information content (AvgIpc) is 2.43. The molecule has 0 radical (unpaired) electrons. The van der Waals surface area contributed by atoms with E-state index in [-0.39, 0.29) is 0 Å². The van der Waals surface area contributed by atoms with Crippen LogP contribution in [0.1, 0.15) is 19.8 Å². The Bertz CT molecular complexity index is 331. The van der Waals surface area contributed by atoms with E-state index in [4.69, 9.17) is 5.73 Å². The average molecular weight is 247 g/mol. The van der Waals surface area contributed by atoms with Gasteiger partial charge in [-0.1, -0.05) is 18.2 Å². The molecule has 1 aliphatic heterocycles. The van der Waals surface area contributed by atoms with E-state index in [1.807, 2.05) is 0 Å². The van der Waals surface area contributed by atoms with E-state index in [1.54, 1.807) is 0 Å². The molecule has 100 valence electrons. The Kier molecular flexibility index (Phi) is 5.02. The van der Waals surface area contributed by atoms with Crippen LogP contribution in [0.4, 0.5) is 5.69 Å². The molecule has 0 spiro atoms. The van der Waals surface area contributed by atoms with E-state index < -0.39 is 0 Å². The quantitative estimate of drug-likeness (QED) is 0.863. The highest BCUT2D eigenvalue weighted by atomic mass is 15.2. The molecular weight excluding hydrogens is 222 g/mol. The van der Waals surface area contributed by atoms with Gasteiger partial charge in [-0.25, -0.2) is 0 Å². The van der Waals surface area contributed by atoms with Crippen LogP contribution < -0.4 is 10.6 Å². The smallest absolute Gasteiger partial charge is 0.0366 e. The largest absolute Gasteiger partial charge is 0.371 e. The van der Waals surface area contributed by atoms with E-state index in [2.05, 4.69) is 47.1 Å². The molecule has 0 saturated carbocycles. The molecule has 1 aromatic carbocycles. The van der Waals surface area contributed by atoms with Crippen LogP contribution in [0, 0.1) is 0 Å². The minimum atomic E-state index is 0.428. The van der Waals surface area contributed by atoms with E-state index in [0.29, 0.717) is 6.04 Å². The normalized spacial score (nSPS) is 17.9. The maximum Gasteiger partial charge on any atom is 0.0366 e. The molecule has 2 N–H and O–H groups in total. The second-order valence-corrected chi connectivity index (χ2v) is 5.09. The van der Waals surface area contributed by atoms with E-state index in [0.717, 1.165) is 45.6 Å². The Hall–Kier alpha value is -1.06. The van der Waals surface area contributed by atoms with Crippen LogP contribution in [0.25, 0.3) is 0 Å². The lowest BCUT2D eigenvalue weighted by Crippen LogP contribution is -2.43. The van der Waals surface area contributed by atoms with Crippen molar-refractivity contribution in [1.82, 2.24) is 4.90 Å². The van der Waals surface area contributed by atoms with Gasteiger partial charge >= 0.3 is 0 Å². The Morgan fingerprint density at radius 3 is 2.50 bits per heavy atom. The van der Waals surface area contributed by atoms with Crippen LogP contribution in [0.15, 0.2) is 30.3 Å². The Labute approximate surface area is 111 Å². The van der Waals surface area contributed by atoms with Crippen LogP contribution in [0.5, 0.6) is 0 Å². The lowest BCUT2D eigenvalue weighted by atomic mass is 10.1. The first-order valence-electron chi connectivity index (χ1n) is 7.07. The molecule has 18 heavy (non-hydrogen) atoms. The van der Waals surface area contributed by atoms with Crippen molar-refractivity contribution >= 4 is 5.69 Å². The number of likely N-dealkylation sites (tertiary alicyclic amines) is 1. The van der Waals surface area contributed by atoms with Gasteiger partial charge in [-0.2, -0.15) is 0 Å². The van der Waals surface area contributed by atoms with Gasteiger partial charge in [0.1, 0.15) is 0 Å². The van der Waals surface area contributed by atoms with Gasteiger partial charge in [0.25, 0.3) is 0 Å². The number of nitrogens with two attached hydrogens (primary N) is 1. The van der Waals surface area contributed by atoms with Gasteiger partial charge < -0.3 is 15.5 Å². The van der Waals surface area contributed by atoms with E-state index in [1.165, 1.54) is 5.69 Å². The molecule has 0 atom stereocenters. The molecule has 1 fully saturated rings. The summed E-state index contributed by atoms with van der Waals surface area (Å²) in [6, 6.07) is 11.1. The van der Waals surface area contributed by atoms with Gasteiger partial charge in [0.15, 0.2) is 0 Å². The van der Waals surface area contributed by atoms with Crippen LogP contribution in [0.3, 0.4) is 0 Å². The predicted octanol–water partition coefficient (Wildman–Crippen LogP) is 1.94. The third kappa shape index (κ3) is 3.72. The molecule has 0 bridgehead atoms. The van der Waals surface area contributed by atoms with Gasteiger partial charge in [-0.15, -0.1) is 0 Å². The minimum absolute atomic E-state index is 0.428. The first-order valence-corrected chi connectivity index (χ1v) is 7.07. The molecule has 0 unspecified atom stereocenters. The molecule has 0 aliphatic carbocycles. The van der Waals surface area contributed by atoms with Crippen LogP contribution >= 0.6 is 0 Å². The summed E-state index contributed by atoms with van der Waals surface area (Å²) in [6.07, 6.45) is 2.30. The summed E-state index contributed by atoms with van der Waals surface area (Å²) in [5.41, 5.74) is 7.26. The number of rotatable bonds is 5. The third-order valence-corrected chi connectivity index (χ3v) is 3.82. The highest BCUT2D eigenvalue weighted by Gasteiger charge is 2.16. The number of nitrogens with zero attached hydrogens (tertiary/aromatic N) is 2. The molecule has 3 nitrogen and oxygen atoms in total. The summed E-state index contributed by atoms with van der Waals surface area (Å²) in [4.78, 5) is 4.98. The van der Waals surface area contributed by atoms with Crippen LogP contribution in [0.2, 0.25) is 0 Å². The van der Waals surface area contributed by atoms with Gasteiger partial charge in [0.05, 0.1) is 0 Å². The van der Waals surface area contributed by atoms with Gasteiger partial charge in [0.2, 0.25) is 0 Å². The molecule has 1 heterocycles. The van der Waals surface area contributed by atoms with Crippen molar-refractivity contribution in [3.63, 3.8) is 0 Å². The third-order valence-electron chi connectivity index (χ3n) is 3.82. The van der Waals surface area contributed by atoms with Crippen molar-refractivity contribution < 1.29 is 0 Å². The molecule has 2 rings (SSSR count). The zero-order chi connectivity index (χ0) is 12.8. The molecule has 0 aromatic heterocycles. The van der Waals surface area contributed by atoms with Crippen molar-refractivity contribution in [2.24, 2.45) is 5.73 Å². The fourth-order valence-electron chi connectivity index (χ4n) is 2.55. The molecule has 1 saturated heterocycles. The standard InChI is InChI=1S/C15H25N3/c1-2-18(15-6-4-3-5-7-15)13-12-17-10-8-14(16)9-11-17/h3-7,14H,2,8-13,16H2,1H3. The summed E-state index contributed by atoms with van der Waals surface area (Å²) < 4.78 is 0. The van der Waals surface area contributed by atoms with Crippen molar-refractivity contribution in [2.45, 2.75) is 25.8 Å². The van der Waals surface area contributed by atoms with Gasteiger partial charge in [0, 0.05) is 31.4 Å². The second-order valence-electron chi connectivity index (χ2n) is 5.09. The fourth-order valence-corrected chi connectivity index (χ4v) is 2.55. The summed E-state index contributed by atoms with van der Waals surface area (Å²) in [6.45, 7) is 7.86. The molecule has 0 amide bonds. The van der Waals surface area contributed by atoms with E-state index >= 15 is 0 Å². The van der Waals surface area contributed by atoms with Crippen molar-refractivity contribution in [3.05, 3.63) is 30.3 Å².